The van der Waals surface area contributed by atoms with E-state index in [9.17, 15) is 0 Å². The Balaban J connectivity index is 3.71. The molecule has 1 atom stereocenters. The standard InChI is InChI=1S/C5H13NOS/c1-4(2)5(6,7)8-3/h4,7H,6H2,1-3H3. The molecule has 1 unspecified atom stereocenters. The molecule has 50 valence electrons. The minimum atomic E-state index is -1.04. The lowest BCUT2D eigenvalue weighted by Gasteiger charge is -2.24. The number of hydrogen-bond acceptors (Lipinski definition) is 3. The van der Waals surface area contributed by atoms with E-state index in [0.717, 1.165) is 0 Å². The van der Waals surface area contributed by atoms with Crippen molar-refractivity contribution in [3.8, 4) is 0 Å². The van der Waals surface area contributed by atoms with Crippen molar-refractivity contribution in [3.63, 3.8) is 0 Å². The third-order valence-corrected chi connectivity index (χ3v) is 2.28. The molecule has 0 bridgehead atoms. The van der Waals surface area contributed by atoms with Gasteiger partial charge in [0.15, 0.2) is 5.06 Å². The molecule has 0 aliphatic carbocycles. The Bertz CT molecular complexity index is 72.8. The Kier molecular flexibility index (Phi) is 2.80. The van der Waals surface area contributed by atoms with Crippen LogP contribution in [0, 0.1) is 5.92 Å². The molecule has 0 heterocycles. The predicted molar refractivity (Wildman–Crippen MR) is 37.5 cm³/mol. The first kappa shape index (κ1) is 8.27. The van der Waals surface area contributed by atoms with E-state index in [2.05, 4.69) is 0 Å². The van der Waals surface area contributed by atoms with E-state index in [1.807, 2.05) is 13.8 Å². The zero-order valence-electron chi connectivity index (χ0n) is 5.51. The summed E-state index contributed by atoms with van der Waals surface area (Å²) >= 11 is 1.27. The molecule has 0 radical (unpaired) electrons. The highest BCUT2D eigenvalue weighted by atomic mass is 32.2. The van der Waals surface area contributed by atoms with E-state index in [-0.39, 0.29) is 5.92 Å². The van der Waals surface area contributed by atoms with E-state index in [1.54, 1.807) is 6.26 Å². The number of aliphatic hydroxyl groups is 1. The van der Waals surface area contributed by atoms with E-state index in [4.69, 9.17) is 10.8 Å². The minimum absolute atomic E-state index is 0.109. The highest BCUT2D eigenvalue weighted by Crippen LogP contribution is 2.20. The molecule has 0 saturated carbocycles. The van der Waals surface area contributed by atoms with Gasteiger partial charge in [-0.2, -0.15) is 0 Å². The van der Waals surface area contributed by atoms with E-state index >= 15 is 0 Å². The molecule has 0 fully saturated rings. The van der Waals surface area contributed by atoms with Crippen LogP contribution in [0.25, 0.3) is 0 Å². The van der Waals surface area contributed by atoms with Crippen molar-refractivity contribution in [2.75, 3.05) is 6.26 Å². The topological polar surface area (TPSA) is 46.2 Å². The van der Waals surface area contributed by atoms with Gasteiger partial charge in [0.1, 0.15) is 0 Å². The molecule has 8 heavy (non-hydrogen) atoms. The summed E-state index contributed by atoms with van der Waals surface area (Å²) in [5, 5.41) is 8.10. The smallest absolute Gasteiger partial charge is 0.163 e. The Morgan fingerprint density at radius 3 is 2.00 bits per heavy atom. The molecule has 0 rings (SSSR count). The van der Waals surface area contributed by atoms with Crippen molar-refractivity contribution in [1.29, 1.82) is 0 Å². The lowest BCUT2D eigenvalue weighted by molar-refractivity contribution is 0.0955. The molecule has 0 aliphatic rings. The second-order valence-corrected chi connectivity index (χ2v) is 3.17. The molecular weight excluding hydrogens is 122 g/mol. The van der Waals surface area contributed by atoms with E-state index in [0.29, 0.717) is 0 Å². The normalized spacial score (nSPS) is 18.8. The summed E-state index contributed by atoms with van der Waals surface area (Å²) in [6.07, 6.45) is 1.79. The highest BCUT2D eigenvalue weighted by Gasteiger charge is 2.23. The maximum Gasteiger partial charge on any atom is 0.163 e. The second-order valence-electron chi connectivity index (χ2n) is 2.11. The molecule has 0 spiro atoms. The van der Waals surface area contributed by atoms with Crippen LogP contribution < -0.4 is 5.73 Å². The fourth-order valence-electron chi connectivity index (χ4n) is 0.236. The molecule has 3 N–H and O–H groups in total. The van der Waals surface area contributed by atoms with Gasteiger partial charge in [-0.3, -0.25) is 5.73 Å². The average molecular weight is 135 g/mol. The van der Waals surface area contributed by atoms with Gasteiger partial charge in [-0.1, -0.05) is 13.8 Å². The number of nitrogens with two attached hydrogens (primary N) is 1. The summed E-state index contributed by atoms with van der Waals surface area (Å²) < 4.78 is 0. The molecule has 0 aromatic carbocycles. The quantitative estimate of drug-likeness (QED) is 0.545. The lowest BCUT2D eigenvalue weighted by Crippen LogP contribution is -2.40. The van der Waals surface area contributed by atoms with Crippen molar-refractivity contribution in [2.24, 2.45) is 11.7 Å². The largest absolute Gasteiger partial charge is 0.367 e. The van der Waals surface area contributed by atoms with Gasteiger partial charge >= 0.3 is 0 Å². The summed E-state index contributed by atoms with van der Waals surface area (Å²) in [5.74, 6) is 0.109. The van der Waals surface area contributed by atoms with Gasteiger partial charge in [0.05, 0.1) is 0 Å². The fourth-order valence-corrected chi connectivity index (χ4v) is 0.707. The maximum absolute atomic E-state index is 9.14. The van der Waals surface area contributed by atoms with Crippen LogP contribution >= 0.6 is 11.8 Å². The first-order valence-corrected chi connectivity index (χ1v) is 3.79. The van der Waals surface area contributed by atoms with Crippen LogP contribution in [0.5, 0.6) is 0 Å². The Morgan fingerprint density at radius 1 is 1.62 bits per heavy atom. The third-order valence-electron chi connectivity index (χ3n) is 1.15. The van der Waals surface area contributed by atoms with Crippen molar-refractivity contribution >= 4 is 11.8 Å². The zero-order valence-corrected chi connectivity index (χ0v) is 6.33. The van der Waals surface area contributed by atoms with Crippen LogP contribution in [0.3, 0.4) is 0 Å². The Labute approximate surface area is 54.5 Å². The van der Waals surface area contributed by atoms with Crippen LogP contribution in [0.15, 0.2) is 0 Å². The molecular formula is C5H13NOS. The van der Waals surface area contributed by atoms with Crippen LogP contribution in [0.4, 0.5) is 0 Å². The molecule has 0 saturated heterocycles. The summed E-state index contributed by atoms with van der Waals surface area (Å²) in [4.78, 5) is 0. The second kappa shape index (κ2) is 2.71. The molecule has 3 heteroatoms. The fraction of sp³-hybridized carbons (Fsp3) is 1.00. The van der Waals surface area contributed by atoms with Crippen LogP contribution in [-0.4, -0.2) is 16.4 Å². The highest BCUT2D eigenvalue weighted by molar-refractivity contribution is 7.99. The summed E-state index contributed by atoms with van der Waals surface area (Å²) in [5.41, 5.74) is 5.38. The maximum atomic E-state index is 9.14. The van der Waals surface area contributed by atoms with Gasteiger partial charge in [0.2, 0.25) is 0 Å². The van der Waals surface area contributed by atoms with Gasteiger partial charge in [-0.25, -0.2) is 0 Å². The third kappa shape index (κ3) is 2.03. The van der Waals surface area contributed by atoms with Crippen molar-refractivity contribution < 1.29 is 5.11 Å². The van der Waals surface area contributed by atoms with E-state index < -0.39 is 5.06 Å². The van der Waals surface area contributed by atoms with Gasteiger partial charge in [-0.05, 0) is 6.26 Å². The predicted octanol–water partition coefficient (Wildman–Crippen LogP) is 0.610. The number of thioether (sulfide) groups is 1. The Hall–Kier alpha value is 0.270. The van der Waals surface area contributed by atoms with Crippen LogP contribution in [0.1, 0.15) is 13.8 Å². The number of hydrogen-bond donors (Lipinski definition) is 2. The van der Waals surface area contributed by atoms with Gasteiger partial charge in [0.25, 0.3) is 0 Å². The van der Waals surface area contributed by atoms with Gasteiger partial charge in [-0.15, -0.1) is 11.8 Å². The minimum Gasteiger partial charge on any atom is -0.367 e. The first-order valence-electron chi connectivity index (χ1n) is 2.57. The van der Waals surface area contributed by atoms with Gasteiger partial charge in [0, 0.05) is 5.92 Å². The molecule has 0 amide bonds. The van der Waals surface area contributed by atoms with Crippen molar-refractivity contribution in [3.05, 3.63) is 0 Å². The molecule has 0 aromatic rings. The lowest BCUT2D eigenvalue weighted by atomic mass is 10.2. The van der Waals surface area contributed by atoms with Gasteiger partial charge < -0.3 is 5.11 Å². The van der Waals surface area contributed by atoms with Crippen molar-refractivity contribution in [2.45, 2.75) is 18.9 Å². The summed E-state index contributed by atoms with van der Waals surface area (Å²) in [7, 11) is 0. The number of rotatable bonds is 2. The Morgan fingerprint density at radius 2 is 2.00 bits per heavy atom. The average Bonchev–Trinajstić information content (AvgIpc) is 1.67. The molecule has 0 aromatic heterocycles. The van der Waals surface area contributed by atoms with Crippen molar-refractivity contribution in [1.82, 2.24) is 0 Å². The molecule has 2 nitrogen and oxygen atoms in total. The molecule has 0 aliphatic heterocycles. The first-order chi connectivity index (χ1) is 3.50. The SMILES string of the molecule is CSC(N)(O)C(C)C. The summed E-state index contributed by atoms with van der Waals surface area (Å²) in [6, 6.07) is 0. The van der Waals surface area contributed by atoms with Crippen LogP contribution in [-0.2, 0) is 0 Å². The van der Waals surface area contributed by atoms with Crippen LogP contribution in [0.2, 0.25) is 0 Å². The van der Waals surface area contributed by atoms with E-state index in [1.165, 1.54) is 11.8 Å². The zero-order chi connectivity index (χ0) is 6.78. The summed E-state index contributed by atoms with van der Waals surface area (Å²) in [6.45, 7) is 3.77. The monoisotopic (exact) mass is 135 g/mol.